The minimum absolute atomic E-state index is 0.126. The van der Waals surface area contributed by atoms with Gasteiger partial charge in [-0.3, -0.25) is 9.59 Å². The number of ether oxygens (including phenoxy) is 2. The van der Waals surface area contributed by atoms with Crippen LogP contribution in [0, 0.1) is 5.92 Å². The molecule has 2 aromatic heterocycles. The Balaban J connectivity index is 1.02. The number of imidazole rings is 2. The molecule has 4 heterocycles. The summed E-state index contributed by atoms with van der Waals surface area (Å²) in [5, 5.41) is 5.44. The number of benzene rings is 4. The van der Waals surface area contributed by atoms with Crippen molar-refractivity contribution < 1.29 is 28.7 Å². The molecule has 14 nitrogen and oxygen atoms in total. The number of hydrogen-bond acceptors (Lipinski definition) is 9. The minimum atomic E-state index is -0.894. The molecule has 4 aromatic carbocycles. The van der Waals surface area contributed by atoms with Crippen LogP contribution in [-0.4, -0.2) is 87.1 Å². The maximum Gasteiger partial charge on any atom is 0.407 e. The lowest BCUT2D eigenvalue weighted by molar-refractivity contribution is -0.135. The standard InChI is InChI=1S/C49H52N8O6S/c1-30(2)42(54-48(60)62-3)46(58)56-25-11-17-39(56)45-51-29-38(53-45)34-23-24-36(41(27-34)64-35-15-9-6-10-16-35)31-19-21-32(22-20-31)37-28-50-44(52-37)40-18-12-26-57(40)47(59)43(55-49(61)63-4)33-13-7-5-8-14-33/h5-10,13-16,19-24,27-30,39-40,42-43H,11-12,17-18,25-26H2,1-4H3,(H,50,52)(H,51,53)(H,54,60)(H,55,61)/t39?,40?,42-,43?/m0/s1. The van der Waals surface area contributed by atoms with Crippen molar-refractivity contribution in [1.29, 1.82) is 0 Å². The van der Waals surface area contributed by atoms with Crippen LogP contribution in [0.1, 0.15) is 74.9 Å². The highest BCUT2D eigenvalue weighted by atomic mass is 32.2. The van der Waals surface area contributed by atoms with Gasteiger partial charge in [0, 0.05) is 28.4 Å². The average Bonchev–Trinajstić information content (AvgIpc) is 4.18. The molecule has 0 bridgehead atoms. The molecule has 2 aliphatic rings. The fourth-order valence-electron chi connectivity index (χ4n) is 8.55. The summed E-state index contributed by atoms with van der Waals surface area (Å²) in [7, 11) is 2.57. The summed E-state index contributed by atoms with van der Waals surface area (Å²) >= 11 is 1.68. The third kappa shape index (κ3) is 9.54. The quantitative estimate of drug-likeness (QED) is 0.0882. The molecule has 0 spiro atoms. The van der Waals surface area contributed by atoms with Gasteiger partial charge in [-0.1, -0.05) is 111 Å². The number of likely N-dealkylation sites (tertiary alicyclic amines) is 2. The average molecular weight is 881 g/mol. The highest BCUT2D eigenvalue weighted by Crippen LogP contribution is 2.40. The SMILES string of the molecule is COC(=O)NC(C(=O)N1CCCC1c1ncc(-c2ccc(-c3ccc(-c4cnc(C5CCCN5C(=O)[C@@H](NC(=O)OC)C(C)C)[nH]4)cc3Sc3ccccc3)cc2)[nH]1)c1ccccc1. The van der Waals surface area contributed by atoms with Crippen molar-refractivity contribution in [2.75, 3.05) is 27.3 Å². The van der Waals surface area contributed by atoms with E-state index >= 15 is 0 Å². The molecule has 6 aromatic rings. The van der Waals surface area contributed by atoms with Gasteiger partial charge >= 0.3 is 12.2 Å². The summed E-state index contributed by atoms with van der Waals surface area (Å²) in [5.74, 6) is 0.903. The van der Waals surface area contributed by atoms with E-state index in [2.05, 4.69) is 75.2 Å². The van der Waals surface area contributed by atoms with Gasteiger partial charge < -0.3 is 39.9 Å². The Morgan fingerprint density at radius 3 is 1.80 bits per heavy atom. The van der Waals surface area contributed by atoms with E-state index in [1.165, 1.54) is 14.2 Å². The minimum Gasteiger partial charge on any atom is -0.453 e. The number of aromatic nitrogens is 4. The number of aromatic amines is 2. The molecular formula is C49H52N8O6S. The summed E-state index contributed by atoms with van der Waals surface area (Å²) in [6.07, 6.45) is 5.46. The number of nitrogens with one attached hydrogen (secondary N) is 4. The van der Waals surface area contributed by atoms with Gasteiger partial charge in [0.25, 0.3) is 5.91 Å². The van der Waals surface area contributed by atoms with Crippen LogP contribution < -0.4 is 10.6 Å². The fraction of sp³-hybridized carbons (Fsp3) is 0.306. The van der Waals surface area contributed by atoms with Gasteiger partial charge in [-0.2, -0.15) is 0 Å². The van der Waals surface area contributed by atoms with E-state index in [4.69, 9.17) is 19.4 Å². The lowest BCUT2D eigenvalue weighted by Crippen LogP contribution is -2.51. The number of carbonyl (C=O) groups is 4. The van der Waals surface area contributed by atoms with E-state index < -0.39 is 24.3 Å². The Bertz CT molecular complexity index is 2580. The molecule has 330 valence electrons. The molecule has 2 aliphatic heterocycles. The number of nitrogens with zero attached hydrogens (tertiary/aromatic N) is 4. The fourth-order valence-corrected chi connectivity index (χ4v) is 9.58. The van der Waals surface area contributed by atoms with Crippen molar-refractivity contribution in [2.24, 2.45) is 5.92 Å². The first kappa shape index (κ1) is 43.8. The van der Waals surface area contributed by atoms with Gasteiger partial charge in [-0.05, 0) is 72.1 Å². The second kappa shape index (κ2) is 19.7. The number of carbonyl (C=O) groups excluding carboxylic acids is 4. The molecule has 4 N–H and O–H groups in total. The zero-order valence-corrected chi connectivity index (χ0v) is 37.1. The van der Waals surface area contributed by atoms with E-state index in [1.807, 2.05) is 73.5 Å². The van der Waals surface area contributed by atoms with Crippen molar-refractivity contribution in [3.8, 4) is 33.6 Å². The molecule has 64 heavy (non-hydrogen) atoms. The van der Waals surface area contributed by atoms with Gasteiger partial charge in [0.05, 0.1) is 50.1 Å². The molecule has 0 radical (unpaired) electrons. The van der Waals surface area contributed by atoms with Crippen LogP contribution in [0.2, 0.25) is 0 Å². The normalized spacial score (nSPS) is 17.0. The van der Waals surface area contributed by atoms with Crippen molar-refractivity contribution in [3.63, 3.8) is 0 Å². The van der Waals surface area contributed by atoms with E-state index in [-0.39, 0.29) is 29.8 Å². The number of methoxy groups -OCH3 is 2. The Hall–Kier alpha value is -6.87. The second-order valence-corrected chi connectivity index (χ2v) is 17.4. The van der Waals surface area contributed by atoms with Crippen molar-refractivity contribution in [1.82, 2.24) is 40.4 Å². The summed E-state index contributed by atoms with van der Waals surface area (Å²) < 4.78 is 9.65. The summed E-state index contributed by atoms with van der Waals surface area (Å²) in [6.45, 7) is 4.92. The zero-order valence-electron chi connectivity index (χ0n) is 36.2. The summed E-state index contributed by atoms with van der Waals surface area (Å²) in [4.78, 5) is 74.5. The first-order chi connectivity index (χ1) is 31.1. The zero-order chi connectivity index (χ0) is 44.7. The lowest BCUT2D eigenvalue weighted by Gasteiger charge is -2.30. The van der Waals surface area contributed by atoms with Gasteiger partial charge in [0.1, 0.15) is 23.7 Å². The number of rotatable bonds is 13. The van der Waals surface area contributed by atoms with Crippen LogP contribution in [0.25, 0.3) is 33.6 Å². The van der Waals surface area contributed by atoms with Crippen molar-refractivity contribution >= 4 is 35.8 Å². The third-order valence-electron chi connectivity index (χ3n) is 11.9. The van der Waals surface area contributed by atoms with Crippen LogP contribution in [0.4, 0.5) is 9.59 Å². The number of alkyl carbamates (subject to hydrolysis) is 2. The molecule has 15 heteroatoms. The van der Waals surface area contributed by atoms with Gasteiger partial charge in [-0.15, -0.1) is 0 Å². The summed E-state index contributed by atoms with van der Waals surface area (Å²) in [5.41, 5.74) is 6.36. The molecule has 4 atom stereocenters. The van der Waals surface area contributed by atoms with Crippen molar-refractivity contribution in [2.45, 2.75) is 73.5 Å². The molecule has 8 rings (SSSR count). The van der Waals surface area contributed by atoms with Gasteiger partial charge in [0.2, 0.25) is 5.91 Å². The molecule has 3 unspecified atom stereocenters. The maximum atomic E-state index is 14.0. The van der Waals surface area contributed by atoms with Gasteiger partial charge in [-0.25, -0.2) is 19.6 Å². The Morgan fingerprint density at radius 1 is 0.672 bits per heavy atom. The lowest BCUT2D eigenvalue weighted by atomic mass is 10.0. The van der Waals surface area contributed by atoms with Gasteiger partial charge in [0.15, 0.2) is 0 Å². The first-order valence-electron chi connectivity index (χ1n) is 21.5. The van der Waals surface area contributed by atoms with E-state index in [0.717, 1.165) is 69.1 Å². The van der Waals surface area contributed by atoms with E-state index in [9.17, 15) is 19.2 Å². The summed E-state index contributed by atoms with van der Waals surface area (Å²) in [6, 6.07) is 32.0. The second-order valence-electron chi connectivity index (χ2n) is 16.3. The van der Waals surface area contributed by atoms with Crippen LogP contribution in [-0.2, 0) is 19.1 Å². The highest BCUT2D eigenvalue weighted by molar-refractivity contribution is 7.99. The predicted molar refractivity (Wildman–Crippen MR) is 244 cm³/mol. The smallest absolute Gasteiger partial charge is 0.407 e. The first-order valence-corrected chi connectivity index (χ1v) is 22.4. The Morgan fingerprint density at radius 2 is 1.20 bits per heavy atom. The maximum absolute atomic E-state index is 14.0. The Labute approximate surface area is 376 Å². The van der Waals surface area contributed by atoms with Crippen LogP contribution in [0.3, 0.4) is 0 Å². The van der Waals surface area contributed by atoms with Crippen LogP contribution in [0.15, 0.2) is 125 Å². The number of H-pyrrole nitrogens is 2. The monoisotopic (exact) mass is 880 g/mol. The molecule has 0 aliphatic carbocycles. The Kier molecular flexibility index (Phi) is 13.5. The number of amides is 4. The van der Waals surface area contributed by atoms with Crippen LogP contribution >= 0.6 is 11.8 Å². The van der Waals surface area contributed by atoms with Crippen molar-refractivity contribution in [3.05, 3.63) is 133 Å². The molecule has 4 amide bonds. The molecule has 0 saturated carbocycles. The van der Waals surface area contributed by atoms with Crippen LogP contribution in [0.5, 0.6) is 0 Å². The predicted octanol–water partition coefficient (Wildman–Crippen LogP) is 9.09. The third-order valence-corrected chi connectivity index (χ3v) is 12.9. The molecular weight excluding hydrogens is 829 g/mol. The molecule has 2 fully saturated rings. The molecule has 2 saturated heterocycles. The number of hydrogen-bond donors (Lipinski definition) is 4. The topological polar surface area (TPSA) is 175 Å². The van der Waals surface area contributed by atoms with E-state index in [0.29, 0.717) is 30.3 Å². The largest absolute Gasteiger partial charge is 0.453 e. The van der Waals surface area contributed by atoms with E-state index in [1.54, 1.807) is 22.9 Å². The highest BCUT2D eigenvalue weighted by Gasteiger charge is 2.39.